The first-order valence-corrected chi connectivity index (χ1v) is 20.1. The Bertz CT molecular complexity index is 647. The Morgan fingerprint density at radius 3 is 1.27 bits per heavy atom. The number of amides is 1. The molecule has 4 nitrogen and oxygen atoms in total. The van der Waals surface area contributed by atoms with E-state index in [-0.39, 0.29) is 12.5 Å². The number of allylic oxidation sites excluding steroid dienone is 3. The fourth-order valence-corrected chi connectivity index (χ4v) is 6.06. The normalized spacial score (nSPS) is 13.2. The van der Waals surface area contributed by atoms with Gasteiger partial charge in [-0.05, 0) is 25.7 Å². The Kier molecular flexibility index (Phi) is 36.4. The van der Waals surface area contributed by atoms with Crippen molar-refractivity contribution in [1.29, 1.82) is 0 Å². The van der Waals surface area contributed by atoms with Crippen molar-refractivity contribution in [1.82, 2.24) is 5.32 Å². The largest absolute Gasteiger partial charge is 0.394 e. The minimum Gasteiger partial charge on any atom is -0.394 e. The van der Waals surface area contributed by atoms with Crippen molar-refractivity contribution in [2.75, 3.05) is 6.61 Å². The van der Waals surface area contributed by atoms with Crippen LogP contribution in [0.3, 0.4) is 0 Å². The lowest BCUT2D eigenvalue weighted by atomic mass is 10.0. The maximum Gasteiger partial charge on any atom is 0.220 e. The van der Waals surface area contributed by atoms with Crippen LogP contribution in [0.15, 0.2) is 24.3 Å². The molecule has 0 aliphatic carbocycles. The molecule has 0 aromatic heterocycles. The van der Waals surface area contributed by atoms with Gasteiger partial charge in [-0.3, -0.25) is 4.79 Å². The third kappa shape index (κ3) is 34.0. The molecule has 1 amide bonds. The fourth-order valence-electron chi connectivity index (χ4n) is 6.06. The number of aliphatic hydroxyl groups excluding tert-OH is 2. The lowest BCUT2D eigenvalue weighted by molar-refractivity contribution is -0.123. The van der Waals surface area contributed by atoms with Crippen LogP contribution < -0.4 is 5.32 Å². The SMILES string of the molecule is CCCC/C=C/CC/C=C/C(O)C(CO)NC(=O)CCCCCCCCCCCCCCCCCCCCCCCCCCC. The fraction of sp³-hybridized carbons (Fsp3) is 0.878. The van der Waals surface area contributed by atoms with Gasteiger partial charge in [0.25, 0.3) is 0 Å². The molecule has 0 radical (unpaired) electrons. The number of carbonyl (C=O) groups is 1. The summed E-state index contributed by atoms with van der Waals surface area (Å²) in [6, 6.07) is -0.631. The predicted molar refractivity (Wildman–Crippen MR) is 198 cm³/mol. The number of rotatable bonds is 36. The van der Waals surface area contributed by atoms with Gasteiger partial charge in [-0.1, -0.05) is 205 Å². The highest BCUT2D eigenvalue weighted by Crippen LogP contribution is 2.16. The third-order valence-corrected chi connectivity index (χ3v) is 9.19. The molecule has 3 N–H and O–H groups in total. The summed E-state index contributed by atoms with van der Waals surface area (Å²) in [5.74, 6) is -0.0746. The van der Waals surface area contributed by atoms with Gasteiger partial charge >= 0.3 is 0 Å². The van der Waals surface area contributed by atoms with E-state index in [2.05, 4.69) is 31.3 Å². The number of hydrogen-bond donors (Lipinski definition) is 3. The molecule has 2 atom stereocenters. The lowest BCUT2D eigenvalue weighted by Crippen LogP contribution is -2.45. The van der Waals surface area contributed by atoms with Crippen molar-refractivity contribution in [3.05, 3.63) is 24.3 Å². The zero-order valence-corrected chi connectivity index (χ0v) is 30.4. The molecule has 45 heavy (non-hydrogen) atoms. The van der Waals surface area contributed by atoms with Crippen LogP contribution in [0.2, 0.25) is 0 Å². The maximum absolute atomic E-state index is 12.3. The molecule has 0 spiro atoms. The molecule has 0 fully saturated rings. The van der Waals surface area contributed by atoms with E-state index in [4.69, 9.17) is 0 Å². The number of aliphatic hydroxyl groups is 2. The standard InChI is InChI=1S/C41H79NO3/c1-3-5-7-9-11-13-14-15-16-17-18-19-20-21-22-23-24-25-26-27-28-29-31-33-35-37-41(45)42-39(38-43)40(44)36-34-32-30-12-10-8-6-4-2/h10,12,34,36,39-40,43-44H,3-9,11,13-33,35,37-38H2,1-2H3,(H,42,45)/b12-10+,36-34+. The third-order valence-electron chi connectivity index (χ3n) is 9.19. The van der Waals surface area contributed by atoms with Crippen molar-refractivity contribution in [2.45, 2.75) is 225 Å². The van der Waals surface area contributed by atoms with Crippen molar-refractivity contribution in [3.8, 4) is 0 Å². The molecular weight excluding hydrogens is 554 g/mol. The number of unbranched alkanes of at least 4 members (excludes halogenated alkanes) is 27. The van der Waals surface area contributed by atoms with E-state index in [1.165, 1.54) is 161 Å². The Labute approximate surface area is 281 Å². The number of hydrogen-bond acceptors (Lipinski definition) is 3. The van der Waals surface area contributed by atoms with Crippen LogP contribution in [0.25, 0.3) is 0 Å². The van der Waals surface area contributed by atoms with Gasteiger partial charge < -0.3 is 15.5 Å². The molecular formula is C41H79NO3. The second-order valence-electron chi connectivity index (χ2n) is 13.7. The van der Waals surface area contributed by atoms with Gasteiger partial charge in [-0.15, -0.1) is 0 Å². The highest BCUT2D eigenvalue weighted by Gasteiger charge is 2.17. The summed E-state index contributed by atoms with van der Waals surface area (Å²) < 4.78 is 0. The summed E-state index contributed by atoms with van der Waals surface area (Å²) in [6.45, 7) is 4.23. The zero-order chi connectivity index (χ0) is 32.9. The van der Waals surface area contributed by atoms with E-state index < -0.39 is 12.1 Å². The van der Waals surface area contributed by atoms with Gasteiger partial charge in [-0.2, -0.15) is 0 Å². The Hall–Kier alpha value is -1.13. The maximum atomic E-state index is 12.3. The highest BCUT2D eigenvalue weighted by molar-refractivity contribution is 5.76. The smallest absolute Gasteiger partial charge is 0.220 e. The van der Waals surface area contributed by atoms with Gasteiger partial charge in [0, 0.05) is 6.42 Å². The topological polar surface area (TPSA) is 69.6 Å². The first-order chi connectivity index (χ1) is 22.2. The van der Waals surface area contributed by atoms with Gasteiger partial charge in [0.05, 0.1) is 18.8 Å². The molecule has 0 aliphatic rings. The molecule has 0 aromatic rings. The quantitative estimate of drug-likeness (QED) is 0.0475. The molecule has 0 saturated heterocycles. The average Bonchev–Trinajstić information content (AvgIpc) is 3.04. The molecule has 4 heteroatoms. The van der Waals surface area contributed by atoms with Crippen LogP contribution in [0.1, 0.15) is 213 Å². The van der Waals surface area contributed by atoms with Crippen molar-refractivity contribution in [3.63, 3.8) is 0 Å². The minimum absolute atomic E-state index is 0.0746. The Morgan fingerprint density at radius 1 is 0.511 bits per heavy atom. The molecule has 0 heterocycles. The van der Waals surface area contributed by atoms with E-state index in [9.17, 15) is 15.0 Å². The summed E-state index contributed by atoms with van der Waals surface area (Å²) in [6.07, 6.45) is 47.3. The summed E-state index contributed by atoms with van der Waals surface area (Å²) >= 11 is 0. The van der Waals surface area contributed by atoms with Crippen molar-refractivity contribution in [2.24, 2.45) is 0 Å². The highest BCUT2D eigenvalue weighted by atomic mass is 16.3. The van der Waals surface area contributed by atoms with E-state index in [1.54, 1.807) is 6.08 Å². The van der Waals surface area contributed by atoms with Gasteiger partial charge in [0.2, 0.25) is 5.91 Å². The van der Waals surface area contributed by atoms with E-state index >= 15 is 0 Å². The molecule has 0 saturated carbocycles. The van der Waals surface area contributed by atoms with Gasteiger partial charge in [0.1, 0.15) is 0 Å². The van der Waals surface area contributed by atoms with Crippen LogP contribution in [0.5, 0.6) is 0 Å². The lowest BCUT2D eigenvalue weighted by Gasteiger charge is -2.19. The van der Waals surface area contributed by atoms with Crippen LogP contribution >= 0.6 is 0 Å². The molecule has 266 valence electrons. The second kappa shape index (κ2) is 37.3. The molecule has 0 rings (SSSR count). The summed E-state index contributed by atoms with van der Waals surface area (Å²) in [5.41, 5.74) is 0. The first-order valence-electron chi connectivity index (χ1n) is 20.1. The van der Waals surface area contributed by atoms with E-state index in [1.807, 2.05) is 6.08 Å². The molecule has 0 aliphatic heterocycles. The van der Waals surface area contributed by atoms with Crippen molar-refractivity contribution < 1.29 is 15.0 Å². The Balaban J connectivity index is 3.44. The molecule has 2 unspecified atom stereocenters. The summed E-state index contributed by atoms with van der Waals surface area (Å²) in [7, 11) is 0. The van der Waals surface area contributed by atoms with Crippen LogP contribution in [0.4, 0.5) is 0 Å². The van der Waals surface area contributed by atoms with Gasteiger partial charge in [-0.25, -0.2) is 0 Å². The first kappa shape index (κ1) is 43.9. The number of nitrogens with one attached hydrogen (secondary N) is 1. The van der Waals surface area contributed by atoms with Crippen molar-refractivity contribution >= 4 is 5.91 Å². The minimum atomic E-state index is -0.855. The predicted octanol–water partition coefficient (Wildman–Crippen LogP) is 12.1. The van der Waals surface area contributed by atoms with Crippen LogP contribution in [-0.2, 0) is 4.79 Å². The Morgan fingerprint density at radius 2 is 0.867 bits per heavy atom. The average molecular weight is 634 g/mol. The molecule has 0 bridgehead atoms. The number of carbonyl (C=O) groups excluding carboxylic acids is 1. The monoisotopic (exact) mass is 634 g/mol. The summed E-state index contributed by atoms with van der Waals surface area (Å²) in [5, 5.41) is 22.7. The summed E-state index contributed by atoms with van der Waals surface area (Å²) in [4.78, 5) is 12.3. The van der Waals surface area contributed by atoms with Crippen LogP contribution in [0, 0.1) is 0 Å². The van der Waals surface area contributed by atoms with Gasteiger partial charge in [0.15, 0.2) is 0 Å². The van der Waals surface area contributed by atoms with E-state index in [0.29, 0.717) is 6.42 Å². The zero-order valence-electron chi connectivity index (χ0n) is 30.4. The van der Waals surface area contributed by atoms with Crippen LogP contribution in [-0.4, -0.2) is 34.9 Å². The second-order valence-corrected chi connectivity index (χ2v) is 13.7. The van der Waals surface area contributed by atoms with E-state index in [0.717, 1.165) is 32.1 Å². The molecule has 0 aromatic carbocycles.